The van der Waals surface area contributed by atoms with Crippen LogP contribution in [0.15, 0.2) is 36.0 Å². The second-order valence-corrected chi connectivity index (χ2v) is 7.27. The van der Waals surface area contributed by atoms with Gasteiger partial charge in [-0.1, -0.05) is 0 Å². The Labute approximate surface area is 134 Å². The summed E-state index contributed by atoms with van der Waals surface area (Å²) in [6.45, 7) is 3.38. The molecule has 0 bridgehead atoms. The molecule has 5 heteroatoms. The van der Waals surface area contributed by atoms with Crippen LogP contribution in [-0.2, 0) is 4.74 Å². The van der Waals surface area contributed by atoms with Gasteiger partial charge in [0.2, 0.25) is 0 Å². The zero-order valence-corrected chi connectivity index (χ0v) is 13.3. The fraction of sp³-hybridized carbons (Fsp3) is 0.471. The van der Waals surface area contributed by atoms with Crippen LogP contribution < -0.4 is 0 Å². The van der Waals surface area contributed by atoms with Crippen LogP contribution in [0.25, 0.3) is 5.69 Å². The molecule has 2 saturated heterocycles. The van der Waals surface area contributed by atoms with Crippen LogP contribution in [-0.4, -0.2) is 41.7 Å². The van der Waals surface area contributed by atoms with Gasteiger partial charge in [-0.2, -0.15) is 0 Å². The van der Waals surface area contributed by atoms with Crippen molar-refractivity contribution < 1.29 is 9.53 Å². The number of aromatic nitrogens is 1. The lowest BCUT2D eigenvalue weighted by Gasteiger charge is -2.32. The maximum absolute atomic E-state index is 12.9. The number of hydrogen-bond donors (Lipinski definition) is 0. The summed E-state index contributed by atoms with van der Waals surface area (Å²) < 4.78 is 7.68. The molecule has 4 heterocycles. The van der Waals surface area contributed by atoms with Gasteiger partial charge in [0.25, 0.3) is 5.91 Å². The van der Waals surface area contributed by atoms with Crippen molar-refractivity contribution in [3.8, 4) is 5.69 Å². The number of amides is 1. The molecule has 0 N–H and O–H groups in total. The highest BCUT2D eigenvalue weighted by molar-refractivity contribution is 7.12. The summed E-state index contributed by atoms with van der Waals surface area (Å²) in [5, 5.41) is 2.00. The molecule has 2 fully saturated rings. The van der Waals surface area contributed by atoms with E-state index in [1.54, 1.807) is 0 Å². The van der Waals surface area contributed by atoms with E-state index >= 15 is 0 Å². The highest BCUT2D eigenvalue weighted by Crippen LogP contribution is 2.39. The third-order valence-corrected chi connectivity index (χ3v) is 5.74. The van der Waals surface area contributed by atoms with E-state index < -0.39 is 0 Å². The number of nitrogens with zero attached hydrogens (tertiary/aromatic N) is 2. The summed E-state index contributed by atoms with van der Waals surface area (Å²) in [6, 6.07) is 5.99. The van der Waals surface area contributed by atoms with Crippen molar-refractivity contribution in [1.82, 2.24) is 9.47 Å². The monoisotopic (exact) mass is 316 g/mol. The van der Waals surface area contributed by atoms with Gasteiger partial charge in [0, 0.05) is 37.5 Å². The maximum Gasteiger partial charge on any atom is 0.266 e. The zero-order valence-electron chi connectivity index (χ0n) is 12.5. The molecule has 1 unspecified atom stereocenters. The van der Waals surface area contributed by atoms with Crippen LogP contribution in [0.5, 0.6) is 0 Å². The highest BCUT2D eigenvalue weighted by atomic mass is 32.1. The summed E-state index contributed by atoms with van der Waals surface area (Å²) in [5.74, 6) is 0.168. The first kappa shape index (κ1) is 14.0. The van der Waals surface area contributed by atoms with Crippen molar-refractivity contribution in [1.29, 1.82) is 0 Å². The van der Waals surface area contributed by atoms with Gasteiger partial charge in [-0.3, -0.25) is 4.79 Å². The molecule has 2 aliphatic rings. The molecule has 4 nitrogen and oxygen atoms in total. The van der Waals surface area contributed by atoms with Crippen LogP contribution in [0.3, 0.4) is 0 Å². The Balaban J connectivity index is 1.55. The van der Waals surface area contributed by atoms with Gasteiger partial charge in [-0.15, -0.1) is 11.3 Å². The molecule has 2 aromatic rings. The molecule has 2 aliphatic heterocycles. The standard InChI is InChI=1S/C17H20N2O2S/c20-16(15-14(4-11-22-15)18-7-1-2-8-18)19-9-6-17(12-19)5-3-10-21-13-17/h1-2,4,7-8,11H,3,5-6,9-10,12-13H2. The van der Waals surface area contributed by atoms with E-state index in [4.69, 9.17) is 4.74 Å². The molecular formula is C17H20N2O2S. The van der Waals surface area contributed by atoms with Gasteiger partial charge in [0.05, 0.1) is 12.3 Å². The predicted molar refractivity (Wildman–Crippen MR) is 86.7 cm³/mol. The number of ether oxygens (including phenoxy) is 1. The molecule has 0 radical (unpaired) electrons. The summed E-state index contributed by atoms with van der Waals surface area (Å²) in [6.07, 6.45) is 7.35. The van der Waals surface area contributed by atoms with Crippen molar-refractivity contribution in [3.63, 3.8) is 0 Å². The Morgan fingerprint density at radius 2 is 2.14 bits per heavy atom. The van der Waals surface area contributed by atoms with E-state index in [0.717, 1.165) is 49.7 Å². The average Bonchev–Trinajstić information content (AvgIpc) is 3.28. The van der Waals surface area contributed by atoms with E-state index in [1.165, 1.54) is 17.8 Å². The first-order chi connectivity index (χ1) is 10.8. The van der Waals surface area contributed by atoms with Crippen LogP contribution in [0.2, 0.25) is 0 Å². The van der Waals surface area contributed by atoms with Gasteiger partial charge < -0.3 is 14.2 Å². The molecule has 1 amide bonds. The Morgan fingerprint density at radius 3 is 2.91 bits per heavy atom. The first-order valence-corrected chi connectivity index (χ1v) is 8.73. The highest BCUT2D eigenvalue weighted by Gasteiger charge is 2.42. The summed E-state index contributed by atoms with van der Waals surface area (Å²) in [7, 11) is 0. The zero-order chi connectivity index (χ0) is 15.0. The number of carbonyl (C=O) groups is 1. The SMILES string of the molecule is O=C(c1sccc1-n1cccc1)N1CCC2(CCCOC2)C1. The van der Waals surface area contributed by atoms with Gasteiger partial charge in [-0.05, 0) is 42.8 Å². The van der Waals surface area contributed by atoms with Crippen LogP contribution >= 0.6 is 11.3 Å². The molecule has 2 aromatic heterocycles. The minimum Gasteiger partial charge on any atom is -0.381 e. The van der Waals surface area contributed by atoms with Crippen molar-refractivity contribution in [2.75, 3.05) is 26.3 Å². The van der Waals surface area contributed by atoms with E-state index in [-0.39, 0.29) is 11.3 Å². The second kappa shape index (κ2) is 5.56. The lowest BCUT2D eigenvalue weighted by Crippen LogP contribution is -2.37. The number of carbonyl (C=O) groups excluding carboxylic acids is 1. The van der Waals surface area contributed by atoms with Crippen LogP contribution in [0, 0.1) is 5.41 Å². The second-order valence-electron chi connectivity index (χ2n) is 6.36. The summed E-state index contributed by atoms with van der Waals surface area (Å²) in [4.78, 5) is 15.8. The number of hydrogen-bond acceptors (Lipinski definition) is 3. The molecular weight excluding hydrogens is 296 g/mol. The van der Waals surface area contributed by atoms with E-state index in [0.29, 0.717) is 0 Å². The molecule has 0 aliphatic carbocycles. The van der Waals surface area contributed by atoms with E-state index in [1.807, 2.05) is 45.4 Å². The van der Waals surface area contributed by atoms with E-state index in [2.05, 4.69) is 0 Å². The summed E-state index contributed by atoms with van der Waals surface area (Å²) >= 11 is 1.53. The first-order valence-electron chi connectivity index (χ1n) is 7.85. The van der Waals surface area contributed by atoms with Crippen molar-refractivity contribution in [3.05, 3.63) is 40.8 Å². The third-order valence-electron chi connectivity index (χ3n) is 4.85. The molecule has 116 valence electrons. The van der Waals surface area contributed by atoms with Crippen LogP contribution in [0.4, 0.5) is 0 Å². The van der Waals surface area contributed by atoms with E-state index in [9.17, 15) is 4.79 Å². The summed E-state index contributed by atoms with van der Waals surface area (Å²) in [5.41, 5.74) is 1.19. The molecule has 0 saturated carbocycles. The lowest BCUT2D eigenvalue weighted by molar-refractivity contribution is -0.00157. The lowest BCUT2D eigenvalue weighted by atomic mass is 9.82. The Bertz CT molecular complexity index is 656. The largest absolute Gasteiger partial charge is 0.381 e. The quantitative estimate of drug-likeness (QED) is 0.853. The molecule has 22 heavy (non-hydrogen) atoms. The number of likely N-dealkylation sites (tertiary alicyclic amines) is 1. The van der Waals surface area contributed by atoms with Gasteiger partial charge in [0.1, 0.15) is 4.88 Å². The fourth-order valence-corrected chi connectivity index (χ4v) is 4.50. The van der Waals surface area contributed by atoms with Gasteiger partial charge in [0.15, 0.2) is 0 Å². The van der Waals surface area contributed by atoms with Crippen molar-refractivity contribution >= 4 is 17.2 Å². The predicted octanol–water partition coefficient (Wildman–Crippen LogP) is 3.18. The number of rotatable bonds is 2. The minimum atomic E-state index is 0.168. The Morgan fingerprint density at radius 1 is 1.27 bits per heavy atom. The normalized spacial score (nSPS) is 25.0. The third kappa shape index (κ3) is 2.38. The Kier molecular flexibility index (Phi) is 3.54. The molecule has 4 rings (SSSR count). The fourth-order valence-electron chi connectivity index (χ4n) is 3.64. The molecule has 1 atom stereocenters. The topological polar surface area (TPSA) is 34.5 Å². The van der Waals surface area contributed by atoms with Gasteiger partial charge in [-0.25, -0.2) is 0 Å². The van der Waals surface area contributed by atoms with Crippen molar-refractivity contribution in [2.45, 2.75) is 19.3 Å². The smallest absolute Gasteiger partial charge is 0.266 e. The average molecular weight is 316 g/mol. The minimum absolute atomic E-state index is 0.168. The number of thiophene rings is 1. The Hall–Kier alpha value is -1.59. The molecule has 0 aromatic carbocycles. The maximum atomic E-state index is 12.9. The molecule has 1 spiro atoms. The van der Waals surface area contributed by atoms with Crippen LogP contribution in [0.1, 0.15) is 28.9 Å². The van der Waals surface area contributed by atoms with Gasteiger partial charge >= 0.3 is 0 Å². The van der Waals surface area contributed by atoms with Crippen molar-refractivity contribution in [2.24, 2.45) is 5.41 Å².